The molecule has 1 heterocycles. The minimum Gasteiger partial charge on any atom is -0.481 e. The summed E-state index contributed by atoms with van der Waals surface area (Å²) in [5, 5.41) is 36.9. The molecule has 0 radical (unpaired) electrons. The maximum absolute atomic E-state index is 11.6. The minimum atomic E-state index is -1.53. The average Bonchev–Trinajstić information content (AvgIpc) is 2.86. The predicted octanol–water partition coefficient (Wildman–Crippen LogP) is -0.675. The van der Waals surface area contributed by atoms with Gasteiger partial charge in [0.15, 0.2) is 5.17 Å². The fraction of sp³-hybridized carbons (Fsp3) is 0.286. The second-order valence-electron chi connectivity index (χ2n) is 5.03. The SMILES string of the molecule is CCc1cc(B(O)O)ccc1C=NN=C1NC(=O)C(CC(=O)O)S1. The van der Waals surface area contributed by atoms with E-state index in [0.29, 0.717) is 11.9 Å². The first-order chi connectivity index (χ1) is 11.4. The van der Waals surface area contributed by atoms with Gasteiger partial charge in [-0.05, 0) is 23.0 Å². The Balaban J connectivity index is 2.09. The van der Waals surface area contributed by atoms with E-state index in [1.807, 2.05) is 6.92 Å². The number of nitrogens with zero attached hydrogens (tertiary/aromatic N) is 2. The van der Waals surface area contributed by atoms with Gasteiger partial charge in [-0.2, -0.15) is 5.10 Å². The number of carbonyl (C=O) groups is 2. The maximum atomic E-state index is 11.6. The highest BCUT2D eigenvalue weighted by Crippen LogP contribution is 2.22. The zero-order chi connectivity index (χ0) is 17.7. The number of thioether (sulfide) groups is 1. The zero-order valence-corrected chi connectivity index (χ0v) is 13.7. The van der Waals surface area contributed by atoms with Crippen LogP contribution >= 0.6 is 11.8 Å². The van der Waals surface area contributed by atoms with Crippen molar-refractivity contribution in [2.24, 2.45) is 10.2 Å². The quantitative estimate of drug-likeness (QED) is 0.306. The van der Waals surface area contributed by atoms with E-state index < -0.39 is 24.2 Å². The van der Waals surface area contributed by atoms with E-state index in [4.69, 9.17) is 5.11 Å². The van der Waals surface area contributed by atoms with Gasteiger partial charge in [0.25, 0.3) is 0 Å². The van der Waals surface area contributed by atoms with E-state index in [9.17, 15) is 19.6 Å². The van der Waals surface area contributed by atoms with Gasteiger partial charge in [0.05, 0.1) is 12.6 Å². The third-order valence-electron chi connectivity index (χ3n) is 3.33. The first kappa shape index (κ1) is 18.2. The van der Waals surface area contributed by atoms with E-state index in [1.54, 1.807) is 18.2 Å². The topological polar surface area (TPSA) is 132 Å². The lowest BCUT2D eigenvalue weighted by Crippen LogP contribution is -2.30. The molecule has 1 aromatic rings. The van der Waals surface area contributed by atoms with Gasteiger partial charge >= 0.3 is 13.1 Å². The van der Waals surface area contributed by atoms with Gasteiger partial charge in [0.1, 0.15) is 5.25 Å². The Kier molecular flexibility index (Phi) is 6.13. The number of nitrogens with one attached hydrogen (secondary N) is 1. The van der Waals surface area contributed by atoms with Gasteiger partial charge in [-0.1, -0.05) is 36.9 Å². The van der Waals surface area contributed by atoms with Crippen molar-refractivity contribution in [3.05, 3.63) is 29.3 Å². The largest absolute Gasteiger partial charge is 0.488 e. The van der Waals surface area contributed by atoms with Crippen LogP contribution in [0.5, 0.6) is 0 Å². The van der Waals surface area contributed by atoms with Gasteiger partial charge < -0.3 is 20.5 Å². The van der Waals surface area contributed by atoms with Crippen molar-refractivity contribution in [1.29, 1.82) is 0 Å². The number of benzene rings is 1. The van der Waals surface area contributed by atoms with Crippen molar-refractivity contribution in [2.45, 2.75) is 25.0 Å². The van der Waals surface area contributed by atoms with Crippen molar-refractivity contribution in [3.8, 4) is 0 Å². The maximum Gasteiger partial charge on any atom is 0.488 e. The monoisotopic (exact) mass is 349 g/mol. The molecule has 1 unspecified atom stereocenters. The van der Waals surface area contributed by atoms with E-state index in [0.717, 1.165) is 22.9 Å². The van der Waals surface area contributed by atoms with Crippen LogP contribution in [0.4, 0.5) is 0 Å². The molecule has 0 bridgehead atoms. The highest BCUT2D eigenvalue weighted by atomic mass is 32.2. The minimum absolute atomic E-state index is 0.253. The van der Waals surface area contributed by atoms with Gasteiger partial charge in [-0.25, -0.2) is 0 Å². The van der Waals surface area contributed by atoms with E-state index in [-0.39, 0.29) is 11.6 Å². The smallest absolute Gasteiger partial charge is 0.481 e. The van der Waals surface area contributed by atoms with Crippen LogP contribution in [0.1, 0.15) is 24.5 Å². The Labute approximate surface area is 142 Å². The molecule has 0 aliphatic carbocycles. The van der Waals surface area contributed by atoms with Crippen LogP contribution in [0.3, 0.4) is 0 Å². The lowest BCUT2D eigenvalue weighted by Gasteiger charge is -2.06. The molecular formula is C14H16BN3O5S. The van der Waals surface area contributed by atoms with E-state index in [2.05, 4.69) is 15.5 Å². The van der Waals surface area contributed by atoms with Crippen LogP contribution in [-0.2, 0) is 16.0 Å². The Hall–Kier alpha value is -2.17. The molecule has 24 heavy (non-hydrogen) atoms. The van der Waals surface area contributed by atoms with Gasteiger partial charge in [0.2, 0.25) is 5.91 Å². The van der Waals surface area contributed by atoms with Crippen molar-refractivity contribution in [3.63, 3.8) is 0 Å². The third-order valence-corrected chi connectivity index (χ3v) is 4.40. The number of aryl methyl sites for hydroxylation is 1. The van der Waals surface area contributed by atoms with Crippen LogP contribution in [-0.4, -0.2) is 50.8 Å². The number of carboxylic acids is 1. The molecule has 1 aromatic carbocycles. The van der Waals surface area contributed by atoms with Crippen LogP contribution in [0, 0.1) is 0 Å². The Bertz CT molecular complexity index is 708. The number of hydrogen-bond donors (Lipinski definition) is 4. The molecule has 10 heteroatoms. The molecule has 1 saturated heterocycles. The summed E-state index contributed by atoms with van der Waals surface area (Å²) in [5.74, 6) is -1.45. The molecule has 126 valence electrons. The van der Waals surface area contributed by atoms with Crippen LogP contribution < -0.4 is 10.8 Å². The molecule has 0 aromatic heterocycles. The van der Waals surface area contributed by atoms with Gasteiger partial charge in [0, 0.05) is 0 Å². The predicted molar refractivity (Wildman–Crippen MR) is 92.4 cm³/mol. The molecule has 1 amide bonds. The summed E-state index contributed by atoms with van der Waals surface area (Å²) in [4.78, 5) is 22.2. The molecule has 1 fully saturated rings. The van der Waals surface area contributed by atoms with Crippen LogP contribution in [0.25, 0.3) is 0 Å². The van der Waals surface area contributed by atoms with Gasteiger partial charge in [-0.15, -0.1) is 5.10 Å². The second-order valence-corrected chi connectivity index (χ2v) is 6.22. The molecular weight excluding hydrogens is 333 g/mol. The summed E-state index contributed by atoms with van der Waals surface area (Å²) in [6.45, 7) is 1.93. The second kappa shape index (κ2) is 8.09. The first-order valence-corrected chi connectivity index (χ1v) is 8.08. The standard InChI is InChI=1S/C14H16BN3O5S/c1-2-8-5-10(15(22)23)4-3-9(8)7-16-18-14-17-13(21)11(24-14)6-12(19)20/h3-5,7,11,22-23H,2,6H2,1H3,(H,19,20)(H,17,18,21). The molecule has 1 aliphatic heterocycles. The number of rotatable bonds is 6. The molecule has 1 atom stereocenters. The summed E-state index contributed by atoms with van der Waals surface area (Å²) >= 11 is 1.03. The van der Waals surface area contributed by atoms with Crippen LogP contribution in [0.15, 0.2) is 28.4 Å². The Morgan fingerprint density at radius 1 is 1.46 bits per heavy atom. The Morgan fingerprint density at radius 3 is 2.83 bits per heavy atom. The van der Waals surface area contributed by atoms with Crippen molar-refractivity contribution in [2.75, 3.05) is 0 Å². The number of aliphatic carboxylic acids is 1. The fourth-order valence-corrected chi connectivity index (χ4v) is 3.02. The average molecular weight is 349 g/mol. The summed E-state index contributed by atoms with van der Waals surface area (Å²) in [7, 11) is -1.53. The fourth-order valence-electron chi connectivity index (χ4n) is 2.11. The molecule has 2 rings (SSSR count). The molecule has 0 saturated carbocycles. The van der Waals surface area contributed by atoms with Crippen molar-refractivity contribution >= 4 is 47.6 Å². The number of amidine groups is 1. The highest BCUT2D eigenvalue weighted by Gasteiger charge is 2.32. The summed E-state index contributed by atoms with van der Waals surface area (Å²) < 4.78 is 0. The molecule has 0 spiro atoms. The third kappa shape index (κ3) is 4.67. The number of carbonyl (C=O) groups excluding carboxylic acids is 1. The van der Waals surface area contributed by atoms with E-state index >= 15 is 0 Å². The van der Waals surface area contributed by atoms with E-state index in [1.165, 1.54) is 6.21 Å². The summed E-state index contributed by atoms with van der Waals surface area (Å²) in [6.07, 6.45) is 1.89. The number of carboxylic acid groups (broad SMARTS) is 1. The van der Waals surface area contributed by atoms with Crippen molar-refractivity contribution < 1.29 is 24.7 Å². The van der Waals surface area contributed by atoms with Crippen LogP contribution in [0.2, 0.25) is 0 Å². The molecule has 1 aliphatic rings. The summed E-state index contributed by atoms with van der Waals surface area (Å²) in [6, 6.07) is 4.95. The van der Waals surface area contributed by atoms with Gasteiger partial charge in [-0.3, -0.25) is 9.59 Å². The molecule has 4 N–H and O–H groups in total. The zero-order valence-electron chi connectivity index (χ0n) is 12.8. The summed E-state index contributed by atoms with van der Waals surface area (Å²) in [5.41, 5.74) is 2.03. The molecule has 8 nitrogen and oxygen atoms in total. The number of hydrogen-bond acceptors (Lipinski definition) is 7. The lowest BCUT2D eigenvalue weighted by atomic mass is 9.78. The number of amides is 1. The lowest BCUT2D eigenvalue weighted by molar-refractivity contribution is -0.138. The Morgan fingerprint density at radius 2 is 2.21 bits per heavy atom. The first-order valence-electron chi connectivity index (χ1n) is 7.20. The van der Waals surface area contributed by atoms with Crippen molar-refractivity contribution in [1.82, 2.24) is 5.32 Å². The highest BCUT2D eigenvalue weighted by molar-refractivity contribution is 8.15. The normalized spacial score (nSPS) is 19.0.